The minimum Gasteiger partial charge on any atom is -0.307 e. The van der Waals surface area contributed by atoms with E-state index in [9.17, 15) is 23.2 Å². The Morgan fingerprint density at radius 3 is 2.15 bits per heavy atom. The summed E-state index contributed by atoms with van der Waals surface area (Å²) in [7, 11) is 0. The molecule has 0 N–H and O–H groups in total. The number of fused-ring (bicyclic) bond motifs is 3. The number of amides is 3. The molecule has 3 aliphatic heterocycles. The van der Waals surface area contributed by atoms with E-state index < -0.39 is 23.1 Å². The van der Waals surface area contributed by atoms with Gasteiger partial charge in [0.25, 0.3) is 17.7 Å². The fourth-order valence-electron chi connectivity index (χ4n) is 6.19. The van der Waals surface area contributed by atoms with Gasteiger partial charge in [0.1, 0.15) is 17.2 Å². The van der Waals surface area contributed by atoms with E-state index in [2.05, 4.69) is 4.90 Å². The standard InChI is InChI=1S/C30H26ClF2N3O3/c31-19-9-10-25-22(17-19)30(18-36(25)29(39)26-23(32)7-3-8-24(26)33)11-15-34(16-12-30)13-4-14-35-27(37)20-5-1-2-6-21(20)28(35)38/h1-3,5-10,17H,4,11-16,18H2. The number of anilines is 1. The summed E-state index contributed by atoms with van der Waals surface area (Å²) in [5, 5.41) is 0.544. The number of imide groups is 1. The van der Waals surface area contributed by atoms with Crippen LogP contribution in [0.4, 0.5) is 14.5 Å². The molecule has 0 unspecified atom stereocenters. The first-order valence-electron chi connectivity index (χ1n) is 13.0. The van der Waals surface area contributed by atoms with Crippen LogP contribution in [0, 0.1) is 11.6 Å². The SMILES string of the molecule is O=C1c2ccccc2C(=O)N1CCCN1CCC2(CC1)CN(C(=O)c1c(F)cccc1F)c1ccc(Cl)cc12. The molecule has 3 heterocycles. The Hall–Kier alpha value is -3.62. The third kappa shape index (κ3) is 4.32. The fraction of sp³-hybridized carbons (Fsp3) is 0.300. The second-order valence-corrected chi connectivity index (χ2v) is 10.9. The predicted molar refractivity (Wildman–Crippen MR) is 143 cm³/mol. The summed E-state index contributed by atoms with van der Waals surface area (Å²) in [6, 6.07) is 15.6. The zero-order valence-electron chi connectivity index (χ0n) is 21.1. The third-order valence-electron chi connectivity index (χ3n) is 8.25. The van der Waals surface area contributed by atoms with Gasteiger partial charge < -0.3 is 9.80 Å². The van der Waals surface area contributed by atoms with Crippen LogP contribution in [-0.2, 0) is 5.41 Å². The van der Waals surface area contributed by atoms with Crippen molar-refractivity contribution in [3.8, 4) is 0 Å². The van der Waals surface area contributed by atoms with E-state index in [4.69, 9.17) is 11.6 Å². The minimum absolute atomic E-state index is 0.247. The summed E-state index contributed by atoms with van der Waals surface area (Å²) < 4.78 is 28.9. The van der Waals surface area contributed by atoms with Crippen molar-refractivity contribution >= 4 is 35.0 Å². The Kier molecular flexibility index (Phi) is 6.47. The van der Waals surface area contributed by atoms with Gasteiger partial charge in [0.15, 0.2) is 0 Å². The van der Waals surface area contributed by atoms with Gasteiger partial charge in [-0.2, -0.15) is 0 Å². The molecule has 6 nitrogen and oxygen atoms in total. The van der Waals surface area contributed by atoms with Gasteiger partial charge in [0.05, 0.1) is 11.1 Å². The summed E-state index contributed by atoms with van der Waals surface area (Å²) in [6.07, 6.45) is 2.12. The predicted octanol–water partition coefficient (Wildman–Crippen LogP) is 5.30. The summed E-state index contributed by atoms with van der Waals surface area (Å²) >= 11 is 6.34. The fourth-order valence-corrected chi connectivity index (χ4v) is 6.36. The number of piperidine rings is 1. The van der Waals surface area contributed by atoms with Gasteiger partial charge >= 0.3 is 0 Å². The highest BCUT2D eigenvalue weighted by molar-refractivity contribution is 6.30. The monoisotopic (exact) mass is 549 g/mol. The lowest BCUT2D eigenvalue weighted by atomic mass is 9.74. The van der Waals surface area contributed by atoms with Crippen molar-refractivity contribution in [2.24, 2.45) is 0 Å². The minimum atomic E-state index is -0.885. The molecule has 1 fully saturated rings. The number of nitrogens with zero attached hydrogens (tertiary/aromatic N) is 3. The Morgan fingerprint density at radius 2 is 1.51 bits per heavy atom. The summed E-state index contributed by atoms with van der Waals surface area (Å²) in [4.78, 5) is 43.7. The second-order valence-electron chi connectivity index (χ2n) is 10.4. The molecule has 0 bridgehead atoms. The maximum absolute atomic E-state index is 14.5. The van der Waals surface area contributed by atoms with E-state index in [1.54, 1.807) is 36.4 Å². The van der Waals surface area contributed by atoms with Crippen LogP contribution in [0.5, 0.6) is 0 Å². The molecule has 0 saturated carbocycles. The second kappa shape index (κ2) is 9.84. The van der Waals surface area contributed by atoms with Crippen LogP contribution in [0.15, 0.2) is 60.7 Å². The number of hydrogen-bond acceptors (Lipinski definition) is 4. The highest BCUT2D eigenvalue weighted by atomic mass is 35.5. The van der Waals surface area contributed by atoms with E-state index in [1.165, 1.54) is 15.9 Å². The number of carbonyl (C=O) groups excluding carboxylic acids is 3. The lowest BCUT2D eigenvalue weighted by molar-refractivity contribution is 0.0642. The quantitative estimate of drug-likeness (QED) is 0.405. The van der Waals surface area contributed by atoms with E-state index in [0.29, 0.717) is 41.3 Å². The summed E-state index contributed by atoms with van der Waals surface area (Å²) in [5.41, 5.74) is 1.53. The van der Waals surface area contributed by atoms with Gasteiger partial charge in [-0.25, -0.2) is 8.78 Å². The molecular weight excluding hydrogens is 524 g/mol. The molecule has 3 aromatic carbocycles. The molecule has 9 heteroatoms. The van der Waals surface area contributed by atoms with Gasteiger partial charge in [-0.3, -0.25) is 19.3 Å². The van der Waals surface area contributed by atoms with Crippen molar-refractivity contribution < 1.29 is 23.2 Å². The molecule has 3 aromatic rings. The van der Waals surface area contributed by atoms with Crippen LogP contribution < -0.4 is 4.90 Å². The first-order chi connectivity index (χ1) is 18.8. The zero-order valence-corrected chi connectivity index (χ0v) is 21.9. The molecule has 0 atom stereocenters. The lowest BCUT2D eigenvalue weighted by Gasteiger charge is -2.40. The Balaban J connectivity index is 1.13. The van der Waals surface area contributed by atoms with Crippen LogP contribution in [0.2, 0.25) is 5.02 Å². The number of benzene rings is 3. The van der Waals surface area contributed by atoms with Gasteiger partial charge in [-0.15, -0.1) is 0 Å². The highest BCUT2D eigenvalue weighted by Gasteiger charge is 2.47. The van der Waals surface area contributed by atoms with Crippen molar-refractivity contribution in [1.82, 2.24) is 9.80 Å². The van der Waals surface area contributed by atoms with E-state index >= 15 is 0 Å². The number of carbonyl (C=O) groups is 3. The molecule has 0 radical (unpaired) electrons. The van der Waals surface area contributed by atoms with Crippen LogP contribution in [0.1, 0.15) is 55.9 Å². The smallest absolute Gasteiger partial charge is 0.264 e. The third-order valence-corrected chi connectivity index (χ3v) is 8.49. The average Bonchev–Trinajstić information content (AvgIpc) is 3.36. The lowest BCUT2D eigenvalue weighted by Crippen LogP contribution is -2.46. The Bertz CT molecular complexity index is 1450. The zero-order chi connectivity index (χ0) is 27.3. The molecular formula is C30H26ClF2N3O3. The van der Waals surface area contributed by atoms with E-state index in [0.717, 1.165) is 50.2 Å². The van der Waals surface area contributed by atoms with Crippen molar-refractivity contribution in [2.75, 3.05) is 37.6 Å². The molecule has 200 valence electrons. The number of hydrogen-bond donors (Lipinski definition) is 0. The Morgan fingerprint density at radius 1 is 0.872 bits per heavy atom. The first kappa shape index (κ1) is 25.6. The molecule has 1 spiro atoms. The number of rotatable bonds is 5. The Labute approximate surface area is 229 Å². The van der Waals surface area contributed by atoms with Gasteiger partial charge in [-0.1, -0.05) is 29.8 Å². The summed E-state index contributed by atoms with van der Waals surface area (Å²) in [5.74, 6) is -2.96. The van der Waals surface area contributed by atoms with Crippen LogP contribution >= 0.6 is 11.6 Å². The van der Waals surface area contributed by atoms with Crippen molar-refractivity contribution in [1.29, 1.82) is 0 Å². The van der Waals surface area contributed by atoms with Gasteiger partial charge in [0.2, 0.25) is 0 Å². The average molecular weight is 550 g/mol. The van der Waals surface area contributed by atoms with E-state index in [-0.39, 0.29) is 17.2 Å². The largest absolute Gasteiger partial charge is 0.307 e. The van der Waals surface area contributed by atoms with Crippen LogP contribution in [0.25, 0.3) is 0 Å². The summed E-state index contributed by atoms with van der Waals surface area (Å²) in [6.45, 7) is 2.87. The molecule has 3 amide bonds. The molecule has 3 aliphatic rings. The normalized spacial score (nSPS) is 18.1. The van der Waals surface area contributed by atoms with E-state index in [1.807, 2.05) is 6.07 Å². The van der Waals surface area contributed by atoms with Gasteiger partial charge in [-0.05, 0) is 86.9 Å². The van der Waals surface area contributed by atoms with Crippen molar-refractivity contribution in [3.63, 3.8) is 0 Å². The van der Waals surface area contributed by atoms with Crippen molar-refractivity contribution in [2.45, 2.75) is 24.7 Å². The maximum atomic E-state index is 14.5. The maximum Gasteiger partial charge on any atom is 0.264 e. The topological polar surface area (TPSA) is 60.9 Å². The molecule has 1 saturated heterocycles. The first-order valence-corrected chi connectivity index (χ1v) is 13.4. The molecule has 0 aliphatic carbocycles. The number of halogens is 3. The van der Waals surface area contributed by atoms with Crippen LogP contribution in [-0.4, -0.2) is 60.2 Å². The molecule has 39 heavy (non-hydrogen) atoms. The van der Waals surface area contributed by atoms with Crippen LogP contribution in [0.3, 0.4) is 0 Å². The molecule has 0 aromatic heterocycles. The van der Waals surface area contributed by atoms with Crippen molar-refractivity contribution in [3.05, 3.63) is 99.6 Å². The highest BCUT2D eigenvalue weighted by Crippen LogP contribution is 2.48. The van der Waals surface area contributed by atoms with Gasteiger partial charge in [0, 0.05) is 29.2 Å². The molecule has 6 rings (SSSR count). The number of likely N-dealkylation sites (tertiary alicyclic amines) is 1.